The number of nitrogens with zero attached hydrogens (tertiary/aromatic N) is 1. The Morgan fingerprint density at radius 3 is 3.00 bits per heavy atom. The van der Waals surface area contributed by atoms with Gasteiger partial charge in [0.05, 0.1) is 18.8 Å². The molecule has 1 aliphatic rings. The molecule has 1 aliphatic carbocycles. The molecule has 0 radical (unpaired) electrons. The van der Waals surface area contributed by atoms with Gasteiger partial charge in [0.25, 0.3) is 0 Å². The van der Waals surface area contributed by atoms with Crippen LogP contribution in [-0.4, -0.2) is 12.1 Å². The summed E-state index contributed by atoms with van der Waals surface area (Å²) in [6.07, 6.45) is 6.84. The average molecular weight is 234 g/mol. The molecular weight excluding hydrogens is 212 g/mol. The standard InChI is InChI=1S/C14H22N2O/c1-10-5-3-6-11(9-10)13(15)14-12(17-2)7-4-8-16-14/h4,7-8,10-11,13H,3,5-6,9,15H2,1-2H3. The lowest BCUT2D eigenvalue weighted by molar-refractivity contribution is 0.242. The Labute approximate surface area is 103 Å². The third kappa shape index (κ3) is 2.78. The topological polar surface area (TPSA) is 48.1 Å². The molecule has 1 aromatic rings. The highest BCUT2D eigenvalue weighted by atomic mass is 16.5. The molecule has 3 atom stereocenters. The number of hydrogen-bond acceptors (Lipinski definition) is 3. The van der Waals surface area contributed by atoms with Crippen LogP contribution in [-0.2, 0) is 0 Å². The number of rotatable bonds is 3. The van der Waals surface area contributed by atoms with Crippen molar-refractivity contribution in [3.63, 3.8) is 0 Å². The second-order valence-corrected chi connectivity index (χ2v) is 5.15. The molecular formula is C14H22N2O. The summed E-state index contributed by atoms with van der Waals surface area (Å²) in [6.45, 7) is 2.31. The molecule has 0 spiro atoms. The largest absolute Gasteiger partial charge is 0.495 e. The molecule has 1 aromatic heterocycles. The molecule has 1 heterocycles. The third-order valence-corrected chi connectivity index (χ3v) is 3.82. The van der Waals surface area contributed by atoms with Crippen molar-refractivity contribution in [2.24, 2.45) is 17.6 Å². The number of nitrogens with two attached hydrogens (primary N) is 1. The Hall–Kier alpha value is -1.09. The minimum atomic E-state index is 0.00824. The van der Waals surface area contributed by atoms with Crippen LogP contribution in [0.2, 0.25) is 0 Å². The maximum Gasteiger partial charge on any atom is 0.141 e. The summed E-state index contributed by atoms with van der Waals surface area (Å²) in [7, 11) is 1.68. The minimum Gasteiger partial charge on any atom is -0.495 e. The molecule has 0 amide bonds. The predicted molar refractivity (Wildman–Crippen MR) is 68.8 cm³/mol. The molecule has 3 unspecified atom stereocenters. The third-order valence-electron chi connectivity index (χ3n) is 3.82. The highest BCUT2D eigenvalue weighted by Crippen LogP contribution is 2.37. The van der Waals surface area contributed by atoms with Crippen molar-refractivity contribution in [1.82, 2.24) is 4.98 Å². The van der Waals surface area contributed by atoms with Crippen LogP contribution in [0.4, 0.5) is 0 Å². The molecule has 0 aromatic carbocycles. The zero-order chi connectivity index (χ0) is 12.3. The molecule has 3 nitrogen and oxygen atoms in total. The maximum absolute atomic E-state index is 6.37. The van der Waals surface area contributed by atoms with Crippen molar-refractivity contribution >= 4 is 0 Å². The van der Waals surface area contributed by atoms with Gasteiger partial charge in [0.15, 0.2) is 0 Å². The Kier molecular flexibility index (Phi) is 4.00. The Morgan fingerprint density at radius 2 is 2.29 bits per heavy atom. The molecule has 2 N–H and O–H groups in total. The first-order valence-corrected chi connectivity index (χ1v) is 6.47. The van der Waals surface area contributed by atoms with E-state index >= 15 is 0 Å². The van der Waals surface area contributed by atoms with Crippen LogP contribution >= 0.6 is 0 Å². The van der Waals surface area contributed by atoms with E-state index in [1.54, 1.807) is 13.3 Å². The van der Waals surface area contributed by atoms with Gasteiger partial charge >= 0.3 is 0 Å². The lowest BCUT2D eigenvalue weighted by Crippen LogP contribution is -2.27. The van der Waals surface area contributed by atoms with Gasteiger partial charge in [-0.25, -0.2) is 0 Å². The lowest BCUT2D eigenvalue weighted by Gasteiger charge is -2.31. The van der Waals surface area contributed by atoms with E-state index in [-0.39, 0.29) is 6.04 Å². The highest BCUT2D eigenvalue weighted by Gasteiger charge is 2.27. The maximum atomic E-state index is 6.37. The van der Waals surface area contributed by atoms with Gasteiger partial charge in [-0.1, -0.05) is 19.8 Å². The molecule has 94 valence electrons. The van der Waals surface area contributed by atoms with Gasteiger partial charge in [0, 0.05) is 6.20 Å². The smallest absolute Gasteiger partial charge is 0.141 e. The van der Waals surface area contributed by atoms with Gasteiger partial charge in [-0.2, -0.15) is 0 Å². The van der Waals surface area contributed by atoms with E-state index in [9.17, 15) is 0 Å². The molecule has 17 heavy (non-hydrogen) atoms. The van der Waals surface area contributed by atoms with Gasteiger partial charge in [-0.15, -0.1) is 0 Å². The SMILES string of the molecule is COc1cccnc1C(N)C1CCCC(C)C1. The van der Waals surface area contributed by atoms with E-state index in [1.165, 1.54) is 25.7 Å². The van der Waals surface area contributed by atoms with Crippen molar-refractivity contribution in [3.8, 4) is 5.75 Å². The summed E-state index contributed by atoms with van der Waals surface area (Å²) in [5.41, 5.74) is 7.28. The van der Waals surface area contributed by atoms with Gasteiger partial charge in [0.2, 0.25) is 0 Å². The number of aromatic nitrogens is 1. The van der Waals surface area contributed by atoms with Crippen molar-refractivity contribution in [2.75, 3.05) is 7.11 Å². The fraction of sp³-hybridized carbons (Fsp3) is 0.643. The second kappa shape index (κ2) is 5.50. The molecule has 0 bridgehead atoms. The summed E-state index contributed by atoms with van der Waals surface area (Å²) in [5, 5.41) is 0. The Morgan fingerprint density at radius 1 is 1.47 bits per heavy atom. The van der Waals surface area contributed by atoms with E-state index in [1.807, 2.05) is 12.1 Å². The summed E-state index contributed by atoms with van der Waals surface area (Å²) in [5.74, 6) is 2.15. The summed E-state index contributed by atoms with van der Waals surface area (Å²) in [4.78, 5) is 4.40. The second-order valence-electron chi connectivity index (χ2n) is 5.15. The van der Waals surface area contributed by atoms with Crippen LogP contribution < -0.4 is 10.5 Å². The van der Waals surface area contributed by atoms with Gasteiger partial charge in [-0.3, -0.25) is 4.98 Å². The summed E-state index contributed by atoms with van der Waals surface area (Å²) < 4.78 is 5.34. The van der Waals surface area contributed by atoms with Crippen molar-refractivity contribution in [2.45, 2.75) is 38.6 Å². The van der Waals surface area contributed by atoms with Crippen molar-refractivity contribution in [3.05, 3.63) is 24.0 Å². The summed E-state index contributed by atoms with van der Waals surface area (Å²) >= 11 is 0. The fourth-order valence-electron chi connectivity index (χ4n) is 2.86. The first-order valence-electron chi connectivity index (χ1n) is 6.47. The molecule has 3 heteroatoms. The molecule has 2 rings (SSSR count). The van der Waals surface area contributed by atoms with E-state index in [0.29, 0.717) is 5.92 Å². The number of ether oxygens (including phenoxy) is 1. The molecule has 0 aliphatic heterocycles. The molecule has 1 saturated carbocycles. The van der Waals surface area contributed by atoms with Crippen LogP contribution in [0.25, 0.3) is 0 Å². The Balaban J connectivity index is 2.15. The van der Waals surface area contributed by atoms with E-state index in [0.717, 1.165) is 17.4 Å². The van der Waals surface area contributed by atoms with Crippen LogP contribution in [0.1, 0.15) is 44.3 Å². The monoisotopic (exact) mass is 234 g/mol. The number of methoxy groups -OCH3 is 1. The van der Waals surface area contributed by atoms with Crippen LogP contribution in [0.15, 0.2) is 18.3 Å². The fourth-order valence-corrected chi connectivity index (χ4v) is 2.86. The first kappa shape index (κ1) is 12.4. The van der Waals surface area contributed by atoms with Crippen molar-refractivity contribution in [1.29, 1.82) is 0 Å². The zero-order valence-electron chi connectivity index (χ0n) is 10.7. The van der Waals surface area contributed by atoms with E-state index in [4.69, 9.17) is 10.5 Å². The Bertz CT molecular complexity index is 367. The zero-order valence-corrected chi connectivity index (χ0v) is 10.7. The summed E-state index contributed by atoms with van der Waals surface area (Å²) in [6, 6.07) is 3.83. The van der Waals surface area contributed by atoms with E-state index in [2.05, 4.69) is 11.9 Å². The lowest BCUT2D eigenvalue weighted by atomic mass is 9.78. The van der Waals surface area contributed by atoms with E-state index < -0.39 is 0 Å². The first-order chi connectivity index (χ1) is 8.22. The van der Waals surface area contributed by atoms with Crippen LogP contribution in [0, 0.1) is 11.8 Å². The van der Waals surface area contributed by atoms with Gasteiger partial charge < -0.3 is 10.5 Å². The van der Waals surface area contributed by atoms with Crippen LogP contribution in [0.5, 0.6) is 5.75 Å². The van der Waals surface area contributed by atoms with Gasteiger partial charge in [0.1, 0.15) is 5.75 Å². The number of hydrogen-bond donors (Lipinski definition) is 1. The minimum absolute atomic E-state index is 0.00824. The van der Waals surface area contributed by atoms with Crippen molar-refractivity contribution < 1.29 is 4.74 Å². The normalized spacial score (nSPS) is 26.5. The predicted octanol–water partition coefficient (Wildman–Crippen LogP) is 2.92. The number of pyridine rings is 1. The van der Waals surface area contributed by atoms with Crippen LogP contribution in [0.3, 0.4) is 0 Å². The highest BCUT2D eigenvalue weighted by molar-refractivity contribution is 5.29. The molecule has 1 fully saturated rings. The quantitative estimate of drug-likeness (QED) is 0.874. The average Bonchev–Trinajstić information content (AvgIpc) is 2.38. The molecule has 0 saturated heterocycles. The van der Waals surface area contributed by atoms with Gasteiger partial charge in [-0.05, 0) is 36.8 Å².